The van der Waals surface area contributed by atoms with Gasteiger partial charge < -0.3 is 4.74 Å². The fourth-order valence-electron chi connectivity index (χ4n) is 1.43. The fourth-order valence-corrected chi connectivity index (χ4v) is 1.60. The van der Waals surface area contributed by atoms with Crippen molar-refractivity contribution >= 4 is 28.9 Å². The van der Waals surface area contributed by atoms with Gasteiger partial charge in [-0.3, -0.25) is 0 Å². The molecular formula is C14H11ClN2O2. The molecule has 0 fully saturated rings. The van der Waals surface area contributed by atoms with Crippen LogP contribution in [0.15, 0.2) is 58.8 Å². The summed E-state index contributed by atoms with van der Waals surface area (Å²) in [5, 5.41) is 8.64. The number of carbonyl (C=O) groups is 1. The highest BCUT2D eigenvalue weighted by Gasteiger charge is 2.03. The molecule has 0 aliphatic heterocycles. The number of hydrogen-bond acceptors (Lipinski definition) is 4. The van der Waals surface area contributed by atoms with Gasteiger partial charge in [0.1, 0.15) is 5.69 Å². The SMILES string of the molecule is COC(=O)c1ccc(N=Nc2ccccc2Cl)cc1. The maximum Gasteiger partial charge on any atom is 0.337 e. The summed E-state index contributed by atoms with van der Waals surface area (Å²) in [6, 6.07) is 13.8. The van der Waals surface area contributed by atoms with Crippen LogP contribution in [0.25, 0.3) is 0 Å². The van der Waals surface area contributed by atoms with Crippen molar-refractivity contribution in [1.29, 1.82) is 0 Å². The van der Waals surface area contributed by atoms with Gasteiger partial charge in [-0.2, -0.15) is 5.11 Å². The number of halogens is 1. The molecule has 0 radical (unpaired) electrons. The Balaban J connectivity index is 2.16. The lowest BCUT2D eigenvalue weighted by Crippen LogP contribution is -1.99. The summed E-state index contributed by atoms with van der Waals surface area (Å²) in [6.45, 7) is 0. The number of ether oxygens (including phenoxy) is 1. The highest BCUT2D eigenvalue weighted by atomic mass is 35.5. The van der Waals surface area contributed by atoms with Crippen LogP contribution in [0.2, 0.25) is 5.02 Å². The Morgan fingerprint density at radius 1 is 1.05 bits per heavy atom. The minimum atomic E-state index is -0.380. The molecule has 0 bridgehead atoms. The third-order valence-electron chi connectivity index (χ3n) is 2.41. The van der Waals surface area contributed by atoms with Crippen LogP contribution in [0.5, 0.6) is 0 Å². The molecule has 2 aromatic rings. The first-order chi connectivity index (χ1) is 9.20. The van der Waals surface area contributed by atoms with Crippen LogP contribution in [-0.4, -0.2) is 13.1 Å². The van der Waals surface area contributed by atoms with Gasteiger partial charge in [0.05, 0.1) is 23.4 Å². The van der Waals surface area contributed by atoms with E-state index in [1.54, 1.807) is 36.4 Å². The number of azo groups is 1. The fraction of sp³-hybridized carbons (Fsp3) is 0.0714. The van der Waals surface area contributed by atoms with Gasteiger partial charge in [-0.05, 0) is 36.4 Å². The predicted octanol–water partition coefficient (Wildman–Crippen LogP) is 4.54. The molecule has 0 saturated heterocycles. The second-order valence-corrected chi connectivity index (χ2v) is 4.10. The van der Waals surface area contributed by atoms with Gasteiger partial charge in [-0.15, -0.1) is 5.11 Å². The van der Waals surface area contributed by atoms with E-state index in [0.717, 1.165) is 0 Å². The summed E-state index contributed by atoms with van der Waals surface area (Å²) in [6.07, 6.45) is 0. The number of nitrogens with zero attached hydrogens (tertiary/aromatic N) is 2. The Morgan fingerprint density at radius 3 is 2.37 bits per heavy atom. The van der Waals surface area contributed by atoms with Crippen molar-refractivity contribution in [2.24, 2.45) is 10.2 Å². The first-order valence-corrected chi connectivity index (χ1v) is 5.93. The van der Waals surface area contributed by atoms with Crippen molar-refractivity contribution in [2.45, 2.75) is 0 Å². The molecule has 5 heteroatoms. The van der Waals surface area contributed by atoms with E-state index in [1.807, 2.05) is 12.1 Å². The Bertz CT molecular complexity index is 609. The summed E-state index contributed by atoms with van der Waals surface area (Å²) in [5.41, 5.74) is 1.70. The molecule has 0 atom stereocenters. The number of esters is 1. The van der Waals surface area contributed by atoms with Crippen LogP contribution < -0.4 is 0 Å². The lowest BCUT2D eigenvalue weighted by Gasteiger charge is -1.99. The maximum atomic E-state index is 11.3. The summed E-state index contributed by atoms with van der Waals surface area (Å²) in [7, 11) is 1.34. The smallest absolute Gasteiger partial charge is 0.337 e. The quantitative estimate of drug-likeness (QED) is 0.609. The third kappa shape index (κ3) is 3.39. The van der Waals surface area contributed by atoms with Crippen molar-refractivity contribution in [2.75, 3.05) is 7.11 Å². The first kappa shape index (κ1) is 13.2. The second-order valence-electron chi connectivity index (χ2n) is 3.69. The summed E-state index contributed by atoms with van der Waals surface area (Å²) < 4.78 is 4.61. The van der Waals surface area contributed by atoms with Gasteiger partial charge in [0.2, 0.25) is 0 Å². The van der Waals surface area contributed by atoms with Crippen LogP contribution >= 0.6 is 11.6 Å². The Kier molecular flexibility index (Phi) is 4.26. The monoisotopic (exact) mass is 274 g/mol. The predicted molar refractivity (Wildman–Crippen MR) is 73.4 cm³/mol. The van der Waals surface area contributed by atoms with Crippen LogP contribution in [0.1, 0.15) is 10.4 Å². The summed E-state index contributed by atoms with van der Waals surface area (Å²) in [5.74, 6) is -0.380. The molecule has 2 aromatic carbocycles. The van der Waals surface area contributed by atoms with E-state index >= 15 is 0 Å². The topological polar surface area (TPSA) is 51.0 Å². The molecular weight excluding hydrogens is 264 g/mol. The number of benzene rings is 2. The van der Waals surface area contributed by atoms with Gasteiger partial charge in [-0.1, -0.05) is 23.7 Å². The van der Waals surface area contributed by atoms with Crippen LogP contribution in [0, 0.1) is 0 Å². The molecule has 96 valence electrons. The van der Waals surface area contributed by atoms with E-state index in [2.05, 4.69) is 15.0 Å². The molecule has 19 heavy (non-hydrogen) atoms. The Hall–Kier alpha value is -2.20. The zero-order valence-electron chi connectivity index (χ0n) is 10.2. The summed E-state index contributed by atoms with van der Waals surface area (Å²) >= 11 is 5.96. The largest absolute Gasteiger partial charge is 0.465 e. The normalized spacial score (nSPS) is 10.6. The summed E-state index contributed by atoms with van der Waals surface area (Å²) in [4.78, 5) is 11.3. The van der Waals surface area contributed by atoms with Crippen molar-refractivity contribution in [1.82, 2.24) is 0 Å². The number of hydrogen-bond donors (Lipinski definition) is 0. The number of carbonyl (C=O) groups excluding carboxylic acids is 1. The third-order valence-corrected chi connectivity index (χ3v) is 2.73. The highest BCUT2D eigenvalue weighted by Crippen LogP contribution is 2.26. The van der Waals surface area contributed by atoms with Gasteiger partial charge >= 0.3 is 5.97 Å². The Morgan fingerprint density at radius 2 is 1.74 bits per heavy atom. The first-order valence-electron chi connectivity index (χ1n) is 5.55. The van der Waals surface area contributed by atoms with Crippen LogP contribution in [0.4, 0.5) is 11.4 Å². The van der Waals surface area contributed by atoms with Gasteiger partial charge in [0, 0.05) is 0 Å². The molecule has 0 aromatic heterocycles. The van der Waals surface area contributed by atoms with Crippen molar-refractivity contribution in [3.8, 4) is 0 Å². The van der Waals surface area contributed by atoms with E-state index in [1.165, 1.54) is 7.11 Å². The highest BCUT2D eigenvalue weighted by molar-refractivity contribution is 6.32. The minimum absolute atomic E-state index is 0.380. The minimum Gasteiger partial charge on any atom is -0.465 e. The molecule has 0 aliphatic carbocycles. The molecule has 0 unspecified atom stereocenters. The van der Waals surface area contributed by atoms with Crippen molar-refractivity contribution < 1.29 is 9.53 Å². The molecule has 0 amide bonds. The zero-order valence-corrected chi connectivity index (χ0v) is 11.0. The maximum absolute atomic E-state index is 11.3. The van der Waals surface area contributed by atoms with E-state index in [9.17, 15) is 4.79 Å². The molecule has 0 spiro atoms. The average Bonchev–Trinajstić information content (AvgIpc) is 2.46. The van der Waals surface area contributed by atoms with E-state index < -0.39 is 0 Å². The number of methoxy groups -OCH3 is 1. The average molecular weight is 275 g/mol. The molecule has 0 heterocycles. The Labute approximate surface area is 115 Å². The number of rotatable bonds is 3. The van der Waals surface area contributed by atoms with Gasteiger partial charge in [0.15, 0.2) is 0 Å². The molecule has 4 nitrogen and oxygen atoms in total. The van der Waals surface area contributed by atoms with Crippen molar-refractivity contribution in [3.63, 3.8) is 0 Å². The van der Waals surface area contributed by atoms with E-state index in [-0.39, 0.29) is 5.97 Å². The van der Waals surface area contributed by atoms with Gasteiger partial charge in [-0.25, -0.2) is 4.79 Å². The standard InChI is InChI=1S/C14H11ClN2O2/c1-19-14(18)10-6-8-11(9-7-10)16-17-13-5-3-2-4-12(13)15/h2-9H,1H3. The van der Waals surface area contributed by atoms with Gasteiger partial charge in [0.25, 0.3) is 0 Å². The molecule has 2 rings (SSSR count). The molecule has 0 aliphatic rings. The van der Waals surface area contributed by atoms with Crippen LogP contribution in [-0.2, 0) is 4.74 Å². The van der Waals surface area contributed by atoms with Crippen LogP contribution in [0.3, 0.4) is 0 Å². The van der Waals surface area contributed by atoms with Crippen molar-refractivity contribution in [3.05, 3.63) is 59.1 Å². The van der Waals surface area contributed by atoms with E-state index in [0.29, 0.717) is 22.0 Å². The lowest BCUT2D eigenvalue weighted by molar-refractivity contribution is 0.0601. The molecule has 0 N–H and O–H groups in total. The van der Waals surface area contributed by atoms with E-state index in [4.69, 9.17) is 11.6 Å². The lowest BCUT2D eigenvalue weighted by atomic mass is 10.2. The second kappa shape index (κ2) is 6.11. The molecule has 0 saturated carbocycles. The zero-order chi connectivity index (χ0) is 13.7.